The Morgan fingerprint density at radius 1 is 0.829 bits per heavy atom. The standard InChI is InChI=1S/C31H38IN2O6S/c1-24(2)21-34(31(36)40-23-26-13-7-4-8-14-26,41(37,38)28-18-16-27(32)17-19-28)29(15-9-10-20-33)30(35)39-22-25-11-5-3-6-12-25/h3-8,11-14,16-19,24,29H,9-10,15,20-23,33H2,1-2H3/q+1/t29-,34?/m0/s1. The SMILES string of the molecule is CC(C)C[N+](C(=O)OCc1ccccc1)([C@@H](CCCCN)C(=O)OCc1ccccc1)S(=O)(=O)c1ccc(I)cc1. The molecule has 0 saturated heterocycles. The van der Waals surface area contributed by atoms with E-state index in [1.807, 2.05) is 50.2 Å². The summed E-state index contributed by atoms with van der Waals surface area (Å²) in [5.41, 5.74) is 7.19. The number of nitrogens with two attached hydrogens (primary N) is 1. The van der Waals surface area contributed by atoms with Gasteiger partial charge in [-0.1, -0.05) is 74.5 Å². The molecule has 2 atom stereocenters. The number of amides is 1. The van der Waals surface area contributed by atoms with Crippen LogP contribution in [0.25, 0.3) is 0 Å². The lowest BCUT2D eigenvalue weighted by Crippen LogP contribution is -2.66. The van der Waals surface area contributed by atoms with Crippen molar-refractivity contribution in [3.63, 3.8) is 0 Å². The molecule has 0 aliphatic rings. The van der Waals surface area contributed by atoms with Gasteiger partial charge in [-0.25, -0.2) is 4.79 Å². The summed E-state index contributed by atoms with van der Waals surface area (Å²) in [5.74, 6) is -1.07. The summed E-state index contributed by atoms with van der Waals surface area (Å²) in [4.78, 5) is 28.1. The van der Waals surface area contributed by atoms with Crippen LogP contribution in [0.4, 0.5) is 4.79 Å². The fourth-order valence-electron chi connectivity index (χ4n) is 4.66. The van der Waals surface area contributed by atoms with Gasteiger partial charge in [-0.2, -0.15) is 13.2 Å². The van der Waals surface area contributed by atoms with Gasteiger partial charge in [-0.3, -0.25) is 0 Å². The van der Waals surface area contributed by atoms with Gasteiger partial charge in [0.05, 0.1) is 0 Å². The van der Waals surface area contributed by atoms with Gasteiger partial charge in [-0.05, 0) is 77.4 Å². The molecule has 0 saturated carbocycles. The van der Waals surface area contributed by atoms with E-state index in [-0.39, 0.29) is 37.0 Å². The van der Waals surface area contributed by atoms with Crippen molar-refractivity contribution < 1.29 is 31.4 Å². The maximum atomic E-state index is 14.6. The fourth-order valence-corrected chi connectivity index (χ4v) is 7.15. The van der Waals surface area contributed by atoms with Gasteiger partial charge in [0.15, 0.2) is 0 Å². The molecular formula is C31H38IN2O6S+. The first-order valence-electron chi connectivity index (χ1n) is 13.6. The zero-order valence-corrected chi connectivity index (χ0v) is 26.4. The molecule has 0 aromatic heterocycles. The van der Waals surface area contributed by atoms with Gasteiger partial charge in [0, 0.05) is 15.9 Å². The Balaban J connectivity index is 2.15. The third-order valence-electron chi connectivity index (χ3n) is 6.62. The first-order chi connectivity index (χ1) is 19.6. The molecule has 0 spiro atoms. The third-order valence-corrected chi connectivity index (χ3v) is 9.62. The highest BCUT2D eigenvalue weighted by atomic mass is 127. The van der Waals surface area contributed by atoms with Gasteiger partial charge in [0.25, 0.3) is 0 Å². The molecule has 10 heteroatoms. The minimum absolute atomic E-state index is 0.0582. The van der Waals surface area contributed by atoms with Gasteiger partial charge in [-0.15, -0.1) is 3.89 Å². The molecule has 3 aromatic rings. The quantitative estimate of drug-likeness (QED) is 0.0950. The van der Waals surface area contributed by atoms with Crippen molar-refractivity contribution in [2.45, 2.75) is 57.3 Å². The lowest BCUT2D eigenvalue weighted by molar-refractivity contribution is -0.756. The van der Waals surface area contributed by atoms with E-state index in [0.29, 0.717) is 24.9 Å². The molecule has 3 aromatic carbocycles. The van der Waals surface area contributed by atoms with E-state index in [1.165, 1.54) is 12.1 Å². The summed E-state index contributed by atoms with van der Waals surface area (Å²) < 4.78 is 40.3. The van der Waals surface area contributed by atoms with E-state index in [2.05, 4.69) is 22.6 Å². The maximum absolute atomic E-state index is 14.6. The third kappa shape index (κ3) is 8.37. The van der Waals surface area contributed by atoms with Crippen LogP contribution in [0.3, 0.4) is 0 Å². The lowest BCUT2D eigenvalue weighted by Gasteiger charge is -2.39. The molecule has 0 aliphatic carbocycles. The Labute approximate surface area is 256 Å². The molecule has 41 heavy (non-hydrogen) atoms. The zero-order valence-electron chi connectivity index (χ0n) is 23.4. The van der Waals surface area contributed by atoms with Crippen molar-refractivity contribution in [1.29, 1.82) is 0 Å². The predicted octanol–water partition coefficient (Wildman–Crippen LogP) is 6.03. The van der Waals surface area contributed by atoms with Crippen LogP contribution in [0, 0.1) is 9.49 Å². The van der Waals surface area contributed by atoms with Crippen molar-refractivity contribution in [2.75, 3.05) is 13.1 Å². The number of ether oxygens (including phenoxy) is 2. The number of carbonyl (C=O) groups excluding carboxylic acids is 2. The molecule has 220 valence electrons. The first kappa shape index (κ1) is 32.7. The zero-order chi connectivity index (χ0) is 29.9. The predicted molar refractivity (Wildman–Crippen MR) is 166 cm³/mol. The second-order valence-corrected chi connectivity index (χ2v) is 13.6. The number of rotatable bonds is 14. The molecule has 0 aliphatic heterocycles. The smallest absolute Gasteiger partial charge is 0.456 e. The van der Waals surface area contributed by atoms with Crippen molar-refractivity contribution in [2.24, 2.45) is 11.7 Å². The van der Waals surface area contributed by atoms with E-state index < -0.39 is 32.0 Å². The highest BCUT2D eigenvalue weighted by Gasteiger charge is 2.60. The van der Waals surface area contributed by atoms with E-state index >= 15 is 0 Å². The van der Waals surface area contributed by atoms with E-state index in [0.717, 1.165) is 9.13 Å². The minimum Gasteiger partial charge on any atom is -0.456 e. The first-order valence-corrected chi connectivity index (χ1v) is 16.1. The number of benzene rings is 3. The summed E-state index contributed by atoms with van der Waals surface area (Å²) in [6.07, 6.45) is 0.0258. The summed E-state index contributed by atoms with van der Waals surface area (Å²) >= 11 is 2.08. The largest absolute Gasteiger partial charge is 0.533 e. The monoisotopic (exact) mass is 693 g/mol. The number of hydrogen-bond donors (Lipinski definition) is 1. The number of sulfonamides is 1. The molecule has 0 bridgehead atoms. The molecular weight excluding hydrogens is 655 g/mol. The van der Waals surface area contributed by atoms with E-state index in [4.69, 9.17) is 15.2 Å². The number of carbonyl (C=O) groups is 2. The average Bonchev–Trinajstić information content (AvgIpc) is 2.97. The van der Waals surface area contributed by atoms with Crippen LogP contribution >= 0.6 is 22.6 Å². The second kappa shape index (κ2) is 15.4. The molecule has 8 nitrogen and oxygen atoms in total. The van der Waals surface area contributed by atoms with Crippen LogP contribution in [-0.4, -0.2) is 43.5 Å². The van der Waals surface area contributed by atoms with Crippen molar-refractivity contribution in [3.05, 3.63) is 99.6 Å². The van der Waals surface area contributed by atoms with Crippen molar-refractivity contribution in [1.82, 2.24) is 0 Å². The Morgan fingerprint density at radius 2 is 1.37 bits per heavy atom. The number of hydrogen-bond acceptors (Lipinski definition) is 7. The van der Waals surface area contributed by atoms with E-state index in [1.54, 1.807) is 36.4 Å². The van der Waals surface area contributed by atoms with Crippen molar-refractivity contribution in [3.8, 4) is 0 Å². The number of unbranched alkanes of at least 4 members (excludes halogenated alkanes) is 1. The van der Waals surface area contributed by atoms with Gasteiger partial charge in [0.2, 0.25) is 6.04 Å². The molecule has 1 unspecified atom stereocenters. The Bertz CT molecular complexity index is 1370. The summed E-state index contributed by atoms with van der Waals surface area (Å²) in [6.45, 7) is 3.60. The average molecular weight is 694 g/mol. The van der Waals surface area contributed by atoms with Gasteiger partial charge >= 0.3 is 22.1 Å². The van der Waals surface area contributed by atoms with Gasteiger partial charge < -0.3 is 15.2 Å². The second-order valence-electron chi connectivity index (χ2n) is 10.2. The fraction of sp³-hybridized carbons (Fsp3) is 0.355. The van der Waals surface area contributed by atoms with Crippen molar-refractivity contribution >= 4 is 44.7 Å². The summed E-state index contributed by atoms with van der Waals surface area (Å²) in [5, 5.41) is 0. The summed E-state index contributed by atoms with van der Waals surface area (Å²) in [7, 11) is -4.51. The number of quaternary nitrogens is 1. The van der Waals surface area contributed by atoms with Gasteiger partial charge in [0.1, 0.15) is 24.7 Å². The van der Waals surface area contributed by atoms with Crippen LogP contribution in [0.1, 0.15) is 44.2 Å². The number of esters is 1. The molecule has 3 rings (SSSR count). The number of nitrogens with zero attached hydrogens (tertiary/aromatic N) is 1. The highest BCUT2D eigenvalue weighted by Crippen LogP contribution is 2.35. The Hall–Kier alpha value is -2.80. The molecule has 0 radical (unpaired) electrons. The molecule has 0 heterocycles. The Morgan fingerprint density at radius 3 is 1.88 bits per heavy atom. The topological polar surface area (TPSA) is 113 Å². The lowest BCUT2D eigenvalue weighted by atomic mass is 10.1. The molecule has 0 fully saturated rings. The van der Waals surface area contributed by atoms with Crippen LogP contribution in [0.15, 0.2) is 89.8 Å². The molecule has 2 N–H and O–H groups in total. The van der Waals surface area contributed by atoms with Crippen LogP contribution in [0.5, 0.6) is 0 Å². The number of halogens is 1. The normalized spacial score (nSPS) is 13.8. The van der Waals surface area contributed by atoms with Crippen LogP contribution < -0.4 is 5.73 Å². The maximum Gasteiger partial charge on any atom is 0.533 e. The highest BCUT2D eigenvalue weighted by molar-refractivity contribution is 14.1. The van der Waals surface area contributed by atoms with E-state index in [9.17, 15) is 18.0 Å². The van der Waals surface area contributed by atoms with Crippen LogP contribution in [0.2, 0.25) is 0 Å². The minimum atomic E-state index is -4.51. The summed E-state index contributed by atoms with van der Waals surface area (Å²) in [6, 6.07) is 23.0. The van der Waals surface area contributed by atoms with Crippen LogP contribution in [-0.2, 0) is 37.5 Å². The Kier molecular flexibility index (Phi) is 12.3. The molecule has 1 amide bonds.